The molecule has 0 aliphatic heterocycles. The summed E-state index contributed by atoms with van der Waals surface area (Å²) in [5, 5.41) is 26.2. The van der Waals surface area contributed by atoms with E-state index in [0.717, 1.165) is 0 Å². The average molecular weight is 493 g/mol. The molecule has 4 unspecified atom stereocenters. The number of carboxylic acid groups (broad SMARTS) is 1. The number of hydrogen-bond acceptors (Lipinski definition) is 8. The molecule has 8 N–H and O–H groups in total. The van der Waals surface area contributed by atoms with Crippen molar-refractivity contribution in [3.05, 3.63) is 48.0 Å². The van der Waals surface area contributed by atoms with E-state index in [0.29, 0.717) is 11.3 Å². The Bertz CT molecular complexity index is 984. The first-order valence-corrected chi connectivity index (χ1v) is 11.0. The number of nitrogens with one attached hydrogen (secondary N) is 4. The third-order valence-electron chi connectivity index (χ3n) is 4.89. The van der Waals surface area contributed by atoms with Crippen LogP contribution in [0.3, 0.4) is 0 Å². The Morgan fingerprint density at radius 3 is 2.24 bits per heavy atom. The van der Waals surface area contributed by atoms with Gasteiger partial charge in [-0.2, -0.15) is 12.6 Å². The molecule has 0 bridgehead atoms. The number of nitrogens with two attached hydrogens (primary N) is 1. The molecule has 0 aliphatic carbocycles. The maximum Gasteiger partial charge on any atom is 0.326 e. The molecule has 13 heteroatoms. The van der Waals surface area contributed by atoms with E-state index in [-0.39, 0.29) is 24.3 Å². The van der Waals surface area contributed by atoms with Crippen LogP contribution in [-0.4, -0.2) is 73.8 Å². The molecule has 0 saturated carbocycles. The number of thiol groups is 1. The molecule has 1 aromatic carbocycles. The van der Waals surface area contributed by atoms with E-state index in [1.807, 2.05) is 0 Å². The number of nitrogens with zero attached hydrogens (tertiary/aromatic N) is 1. The van der Waals surface area contributed by atoms with Crippen LogP contribution in [0.15, 0.2) is 36.8 Å². The molecule has 3 amide bonds. The van der Waals surface area contributed by atoms with Crippen molar-refractivity contribution in [3.8, 4) is 5.75 Å². The molecule has 34 heavy (non-hydrogen) atoms. The molecule has 0 saturated heterocycles. The van der Waals surface area contributed by atoms with Crippen LogP contribution in [-0.2, 0) is 32.0 Å². The molecule has 184 valence electrons. The molecule has 4 atom stereocenters. The quantitative estimate of drug-likeness (QED) is 0.167. The van der Waals surface area contributed by atoms with Gasteiger partial charge in [-0.3, -0.25) is 14.4 Å². The molecule has 2 rings (SSSR count). The van der Waals surface area contributed by atoms with E-state index in [1.54, 1.807) is 12.1 Å². The van der Waals surface area contributed by atoms with Crippen molar-refractivity contribution in [1.29, 1.82) is 0 Å². The number of H-pyrrole nitrogens is 1. The Hall–Kier alpha value is -3.58. The van der Waals surface area contributed by atoms with Gasteiger partial charge in [-0.25, -0.2) is 9.78 Å². The summed E-state index contributed by atoms with van der Waals surface area (Å²) < 4.78 is 0. The molecular formula is C21H28N6O6S. The number of carbonyl (C=O) groups excluding carboxylic acids is 3. The van der Waals surface area contributed by atoms with Crippen LogP contribution < -0.4 is 21.7 Å². The van der Waals surface area contributed by atoms with Crippen molar-refractivity contribution in [3.63, 3.8) is 0 Å². The fourth-order valence-electron chi connectivity index (χ4n) is 2.93. The highest BCUT2D eigenvalue weighted by Crippen LogP contribution is 2.11. The minimum atomic E-state index is -1.26. The molecule has 2 aromatic rings. The number of aromatic hydroxyl groups is 1. The van der Waals surface area contributed by atoms with Gasteiger partial charge in [-0.05, 0) is 24.6 Å². The Balaban J connectivity index is 2.03. The summed E-state index contributed by atoms with van der Waals surface area (Å²) in [5.74, 6) is -3.14. The normalized spacial score (nSPS) is 14.3. The standard InChI is InChI=1S/C21H28N6O6S/c1-11(18(29)27-17(21(32)33)6-12-2-4-14(28)5-3-12)25-20(31)16(7-13-8-23-10-24-13)26-19(30)15(22)9-34/h2-5,8,10-11,15-17,28,34H,6-7,9,22H2,1H3,(H,23,24)(H,25,31)(H,26,30)(H,27,29)(H,32,33). The molecule has 1 aromatic heterocycles. The molecule has 0 spiro atoms. The number of phenolic OH excluding ortho intramolecular Hbond substituents is 1. The van der Waals surface area contributed by atoms with E-state index >= 15 is 0 Å². The molecule has 1 heterocycles. The summed E-state index contributed by atoms with van der Waals surface area (Å²) in [7, 11) is 0. The fraction of sp³-hybridized carbons (Fsp3) is 0.381. The summed E-state index contributed by atoms with van der Waals surface area (Å²) in [6.07, 6.45) is 2.94. The van der Waals surface area contributed by atoms with Crippen LogP contribution in [0.5, 0.6) is 5.75 Å². The SMILES string of the molecule is CC(NC(=O)C(Cc1cnc[nH]1)NC(=O)C(N)CS)C(=O)NC(Cc1ccc(O)cc1)C(=O)O. The first-order chi connectivity index (χ1) is 16.1. The number of aromatic amines is 1. The highest BCUT2D eigenvalue weighted by molar-refractivity contribution is 7.80. The van der Waals surface area contributed by atoms with Crippen LogP contribution in [0.25, 0.3) is 0 Å². The van der Waals surface area contributed by atoms with E-state index in [9.17, 15) is 29.4 Å². The number of rotatable bonds is 12. The lowest BCUT2D eigenvalue weighted by atomic mass is 10.1. The zero-order chi connectivity index (χ0) is 25.3. The van der Waals surface area contributed by atoms with E-state index in [1.165, 1.54) is 31.6 Å². The molecule has 0 aliphatic rings. The lowest BCUT2D eigenvalue weighted by Gasteiger charge is -2.23. The number of aliphatic carboxylic acids is 1. The predicted molar refractivity (Wildman–Crippen MR) is 125 cm³/mol. The van der Waals surface area contributed by atoms with Gasteiger partial charge in [0.1, 0.15) is 23.9 Å². The minimum Gasteiger partial charge on any atom is -0.508 e. The first kappa shape index (κ1) is 26.7. The number of amides is 3. The second-order valence-corrected chi connectivity index (χ2v) is 8.00. The Morgan fingerprint density at radius 1 is 1.03 bits per heavy atom. The van der Waals surface area contributed by atoms with Crippen LogP contribution in [0.1, 0.15) is 18.2 Å². The van der Waals surface area contributed by atoms with Crippen LogP contribution in [0.2, 0.25) is 0 Å². The lowest BCUT2D eigenvalue weighted by Crippen LogP contribution is -2.57. The lowest BCUT2D eigenvalue weighted by molar-refractivity contribution is -0.142. The molecule has 12 nitrogen and oxygen atoms in total. The summed E-state index contributed by atoms with van der Waals surface area (Å²) >= 11 is 3.97. The van der Waals surface area contributed by atoms with Gasteiger partial charge in [-0.1, -0.05) is 12.1 Å². The highest BCUT2D eigenvalue weighted by atomic mass is 32.1. The highest BCUT2D eigenvalue weighted by Gasteiger charge is 2.28. The third-order valence-corrected chi connectivity index (χ3v) is 5.28. The van der Waals surface area contributed by atoms with E-state index < -0.39 is 47.9 Å². The predicted octanol–water partition coefficient (Wildman–Crippen LogP) is -1.28. The van der Waals surface area contributed by atoms with Gasteiger partial charge in [0.15, 0.2) is 0 Å². The Labute approximate surface area is 201 Å². The minimum absolute atomic E-state index is 0.0257. The van der Waals surface area contributed by atoms with E-state index in [4.69, 9.17) is 5.73 Å². The maximum atomic E-state index is 12.8. The van der Waals surface area contributed by atoms with Crippen molar-refractivity contribution in [1.82, 2.24) is 25.9 Å². The van der Waals surface area contributed by atoms with Crippen molar-refractivity contribution < 1.29 is 29.4 Å². The summed E-state index contributed by atoms with van der Waals surface area (Å²) in [4.78, 5) is 56.0. The van der Waals surface area contributed by atoms with Gasteiger partial charge in [0, 0.05) is 30.5 Å². The summed E-state index contributed by atoms with van der Waals surface area (Å²) in [5.41, 5.74) is 6.82. The smallest absolute Gasteiger partial charge is 0.326 e. The maximum absolute atomic E-state index is 12.8. The van der Waals surface area contributed by atoms with Crippen molar-refractivity contribution in [2.45, 2.75) is 43.9 Å². The van der Waals surface area contributed by atoms with Gasteiger partial charge < -0.3 is 36.9 Å². The summed E-state index contributed by atoms with van der Waals surface area (Å²) in [6.45, 7) is 1.39. The van der Waals surface area contributed by atoms with Crippen molar-refractivity contribution in [2.24, 2.45) is 5.73 Å². The zero-order valence-electron chi connectivity index (χ0n) is 18.4. The number of carbonyl (C=O) groups is 4. The van der Waals surface area contributed by atoms with Gasteiger partial charge >= 0.3 is 5.97 Å². The molecule has 0 radical (unpaired) electrons. The first-order valence-electron chi connectivity index (χ1n) is 10.4. The monoisotopic (exact) mass is 492 g/mol. The van der Waals surface area contributed by atoms with Gasteiger partial charge in [0.05, 0.1) is 12.4 Å². The Kier molecular flexibility index (Phi) is 9.89. The van der Waals surface area contributed by atoms with Gasteiger partial charge in [-0.15, -0.1) is 0 Å². The van der Waals surface area contributed by atoms with Crippen molar-refractivity contribution in [2.75, 3.05) is 5.75 Å². The number of aromatic nitrogens is 2. The third kappa shape index (κ3) is 8.08. The second kappa shape index (κ2) is 12.6. The number of phenols is 1. The van der Waals surface area contributed by atoms with Crippen LogP contribution in [0, 0.1) is 0 Å². The van der Waals surface area contributed by atoms with Crippen LogP contribution in [0.4, 0.5) is 0 Å². The Morgan fingerprint density at radius 2 is 1.68 bits per heavy atom. The van der Waals surface area contributed by atoms with Gasteiger partial charge in [0.25, 0.3) is 0 Å². The molecular weight excluding hydrogens is 464 g/mol. The largest absolute Gasteiger partial charge is 0.508 e. The van der Waals surface area contributed by atoms with Gasteiger partial charge in [0.2, 0.25) is 17.7 Å². The molecule has 0 fully saturated rings. The number of hydrogen-bond donors (Lipinski definition) is 8. The summed E-state index contributed by atoms with van der Waals surface area (Å²) in [6, 6.07) is 1.54. The zero-order valence-corrected chi connectivity index (χ0v) is 19.3. The number of benzene rings is 1. The van der Waals surface area contributed by atoms with Crippen LogP contribution >= 0.6 is 12.6 Å². The average Bonchev–Trinajstić information content (AvgIpc) is 3.31. The topological polar surface area (TPSA) is 200 Å². The van der Waals surface area contributed by atoms with E-state index in [2.05, 4.69) is 38.5 Å². The number of imidazole rings is 1. The second-order valence-electron chi connectivity index (χ2n) is 7.63. The fourth-order valence-corrected chi connectivity index (χ4v) is 3.10. The number of carboxylic acids is 1. The van der Waals surface area contributed by atoms with Crippen molar-refractivity contribution >= 4 is 36.3 Å².